The maximum Gasteiger partial charge on any atom is 0.189 e. The number of nitrogens with zero attached hydrogens (tertiary/aromatic N) is 2. The van der Waals surface area contributed by atoms with Gasteiger partial charge in [-0.25, -0.2) is 9.97 Å². The Bertz CT molecular complexity index is 563. The number of hydrogen-bond donors (Lipinski definition) is 0. The molecular weight excluding hydrogens is 260 g/mol. The molecule has 0 aliphatic heterocycles. The number of halogens is 1. The molecule has 0 aliphatic carbocycles. The van der Waals surface area contributed by atoms with Crippen LogP contribution in [0.4, 0.5) is 0 Å². The average Bonchev–Trinajstić information content (AvgIpc) is 2.36. The number of benzene rings is 1. The highest BCUT2D eigenvalue weighted by Gasteiger charge is 2.11. The van der Waals surface area contributed by atoms with Crippen LogP contribution in [0.3, 0.4) is 0 Å². The summed E-state index contributed by atoms with van der Waals surface area (Å²) in [7, 11) is 3.16. The van der Waals surface area contributed by atoms with Crippen molar-refractivity contribution < 1.29 is 9.47 Å². The molecule has 6 heteroatoms. The first kappa shape index (κ1) is 12.3. The first-order valence-electron chi connectivity index (χ1n) is 4.83. The van der Waals surface area contributed by atoms with Crippen molar-refractivity contribution in [3.05, 3.63) is 17.3 Å². The van der Waals surface area contributed by atoms with Crippen LogP contribution in [0.25, 0.3) is 10.9 Å². The predicted octanol–water partition coefficient (Wildman–Crippen LogP) is 3.02. The summed E-state index contributed by atoms with van der Waals surface area (Å²) in [4.78, 5) is 8.54. The van der Waals surface area contributed by atoms with Gasteiger partial charge in [0.15, 0.2) is 16.7 Å². The summed E-state index contributed by atoms with van der Waals surface area (Å²) in [6, 6.07) is 3.57. The second kappa shape index (κ2) is 4.98. The van der Waals surface area contributed by atoms with Gasteiger partial charge in [0.1, 0.15) is 5.15 Å². The van der Waals surface area contributed by atoms with Gasteiger partial charge in [-0.15, -0.1) is 0 Å². The zero-order valence-corrected chi connectivity index (χ0v) is 11.2. The second-order valence-corrected chi connectivity index (χ2v) is 4.36. The molecule has 2 rings (SSSR count). The molecule has 0 saturated carbocycles. The largest absolute Gasteiger partial charge is 0.493 e. The summed E-state index contributed by atoms with van der Waals surface area (Å²) in [6.07, 6.45) is 1.90. The van der Waals surface area contributed by atoms with Crippen molar-refractivity contribution in [1.82, 2.24) is 9.97 Å². The Morgan fingerprint density at radius 1 is 1.12 bits per heavy atom. The van der Waals surface area contributed by atoms with Gasteiger partial charge in [-0.05, 0) is 12.3 Å². The normalized spacial score (nSPS) is 10.6. The molecule has 0 saturated heterocycles. The van der Waals surface area contributed by atoms with Crippen molar-refractivity contribution >= 4 is 34.3 Å². The van der Waals surface area contributed by atoms with E-state index in [0.29, 0.717) is 21.8 Å². The van der Waals surface area contributed by atoms with E-state index in [-0.39, 0.29) is 0 Å². The number of rotatable bonds is 3. The Morgan fingerprint density at radius 3 is 2.35 bits per heavy atom. The smallest absolute Gasteiger partial charge is 0.189 e. The lowest BCUT2D eigenvalue weighted by molar-refractivity contribution is 0.355. The molecule has 0 amide bonds. The Morgan fingerprint density at radius 2 is 1.76 bits per heavy atom. The fraction of sp³-hybridized carbons (Fsp3) is 0.273. The van der Waals surface area contributed by atoms with E-state index in [2.05, 4.69) is 9.97 Å². The molecule has 17 heavy (non-hydrogen) atoms. The third-order valence-electron chi connectivity index (χ3n) is 2.32. The molecule has 2 aromatic rings. The molecule has 0 radical (unpaired) electrons. The fourth-order valence-corrected chi connectivity index (χ4v) is 2.14. The van der Waals surface area contributed by atoms with Crippen LogP contribution >= 0.6 is 23.4 Å². The molecule has 0 aliphatic rings. The van der Waals surface area contributed by atoms with Crippen LogP contribution < -0.4 is 9.47 Å². The van der Waals surface area contributed by atoms with Crippen molar-refractivity contribution in [1.29, 1.82) is 0 Å². The Labute approximate surface area is 108 Å². The Balaban J connectivity index is 2.73. The Hall–Kier alpha value is -1.20. The highest BCUT2D eigenvalue weighted by Crippen LogP contribution is 2.34. The molecule has 0 atom stereocenters. The third kappa shape index (κ3) is 2.25. The molecule has 0 unspecified atom stereocenters. The minimum absolute atomic E-state index is 0.417. The first-order chi connectivity index (χ1) is 8.19. The summed E-state index contributed by atoms with van der Waals surface area (Å²) >= 11 is 7.55. The minimum atomic E-state index is 0.417. The van der Waals surface area contributed by atoms with E-state index in [1.165, 1.54) is 11.8 Å². The van der Waals surface area contributed by atoms with Gasteiger partial charge in [-0.3, -0.25) is 0 Å². The van der Waals surface area contributed by atoms with Crippen LogP contribution in [-0.4, -0.2) is 30.4 Å². The molecule has 1 aromatic heterocycles. The quantitative estimate of drug-likeness (QED) is 0.487. The summed E-state index contributed by atoms with van der Waals surface area (Å²) in [5.74, 6) is 1.24. The maximum absolute atomic E-state index is 6.10. The van der Waals surface area contributed by atoms with Gasteiger partial charge in [0, 0.05) is 11.5 Å². The number of hydrogen-bond acceptors (Lipinski definition) is 5. The van der Waals surface area contributed by atoms with Gasteiger partial charge >= 0.3 is 0 Å². The number of ether oxygens (including phenoxy) is 2. The van der Waals surface area contributed by atoms with Crippen molar-refractivity contribution in [3.63, 3.8) is 0 Å². The second-order valence-electron chi connectivity index (χ2n) is 3.23. The van der Waals surface area contributed by atoms with Crippen molar-refractivity contribution in [2.45, 2.75) is 5.16 Å². The van der Waals surface area contributed by atoms with Crippen LogP contribution in [0.5, 0.6) is 11.5 Å². The molecule has 0 fully saturated rings. The van der Waals surface area contributed by atoms with Gasteiger partial charge < -0.3 is 9.47 Å². The van der Waals surface area contributed by atoms with Crippen LogP contribution in [0.15, 0.2) is 17.3 Å². The molecule has 1 heterocycles. The molecular formula is C11H11ClN2O2S. The van der Waals surface area contributed by atoms with E-state index in [4.69, 9.17) is 21.1 Å². The predicted molar refractivity (Wildman–Crippen MR) is 69.4 cm³/mol. The summed E-state index contributed by atoms with van der Waals surface area (Å²) in [6.45, 7) is 0. The van der Waals surface area contributed by atoms with Crippen LogP contribution in [0.2, 0.25) is 5.15 Å². The van der Waals surface area contributed by atoms with Gasteiger partial charge in [0.25, 0.3) is 0 Å². The molecule has 0 N–H and O–H groups in total. The van der Waals surface area contributed by atoms with Crippen LogP contribution in [-0.2, 0) is 0 Å². The molecule has 90 valence electrons. The van der Waals surface area contributed by atoms with E-state index in [0.717, 1.165) is 10.9 Å². The van der Waals surface area contributed by atoms with E-state index >= 15 is 0 Å². The summed E-state index contributed by atoms with van der Waals surface area (Å²) in [5, 5.41) is 1.80. The average molecular weight is 271 g/mol. The molecule has 1 aromatic carbocycles. The van der Waals surface area contributed by atoms with Crippen LogP contribution in [0, 0.1) is 0 Å². The SMILES string of the molecule is COc1cc2nc(SC)nc(Cl)c2cc1OC. The highest BCUT2D eigenvalue weighted by molar-refractivity contribution is 7.98. The van der Waals surface area contributed by atoms with Gasteiger partial charge in [0.2, 0.25) is 0 Å². The lowest BCUT2D eigenvalue weighted by Gasteiger charge is -2.09. The third-order valence-corrected chi connectivity index (χ3v) is 3.15. The van der Waals surface area contributed by atoms with Gasteiger partial charge in [-0.1, -0.05) is 23.4 Å². The standard InChI is InChI=1S/C11H11ClN2O2S/c1-15-8-4-6-7(5-9(8)16-2)13-11(17-3)14-10(6)12/h4-5H,1-3H3. The van der Waals surface area contributed by atoms with Crippen molar-refractivity contribution in [2.24, 2.45) is 0 Å². The Kier molecular flexibility index (Phi) is 3.59. The zero-order chi connectivity index (χ0) is 12.4. The van der Waals surface area contributed by atoms with E-state index < -0.39 is 0 Å². The monoisotopic (exact) mass is 270 g/mol. The van der Waals surface area contributed by atoms with Gasteiger partial charge in [0.05, 0.1) is 19.7 Å². The number of fused-ring (bicyclic) bond motifs is 1. The number of thioether (sulfide) groups is 1. The van der Waals surface area contributed by atoms with E-state index in [1.807, 2.05) is 6.26 Å². The lowest BCUT2D eigenvalue weighted by atomic mass is 10.2. The molecule has 0 spiro atoms. The lowest BCUT2D eigenvalue weighted by Crippen LogP contribution is -1.94. The first-order valence-corrected chi connectivity index (χ1v) is 6.43. The molecule has 0 bridgehead atoms. The summed E-state index contributed by atoms with van der Waals surface area (Å²) < 4.78 is 10.4. The fourth-order valence-electron chi connectivity index (χ4n) is 1.49. The number of methoxy groups -OCH3 is 2. The summed E-state index contributed by atoms with van der Waals surface area (Å²) in [5.41, 5.74) is 0.743. The number of aromatic nitrogens is 2. The minimum Gasteiger partial charge on any atom is -0.493 e. The zero-order valence-electron chi connectivity index (χ0n) is 9.65. The topological polar surface area (TPSA) is 44.2 Å². The van der Waals surface area contributed by atoms with E-state index in [1.54, 1.807) is 26.4 Å². The highest BCUT2D eigenvalue weighted by atomic mass is 35.5. The van der Waals surface area contributed by atoms with Crippen molar-refractivity contribution in [2.75, 3.05) is 20.5 Å². The van der Waals surface area contributed by atoms with Crippen LogP contribution in [0.1, 0.15) is 0 Å². The van der Waals surface area contributed by atoms with E-state index in [9.17, 15) is 0 Å². The van der Waals surface area contributed by atoms with Crippen molar-refractivity contribution in [3.8, 4) is 11.5 Å². The molecule has 4 nitrogen and oxygen atoms in total. The maximum atomic E-state index is 6.10. The van der Waals surface area contributed by atoms with Gasteiger partial charge in [-0.2, -0.15) is 0 Å².